The largest absolute Gasteiger partial charge is 0.478 e. The van der Waals surface area contributed by atoms with Crippen molar-refractivity contribution >= 4 is 17.6 Å². The van der Waals surface area contributed by atoms with Gasteiger partial charge < -0.3 is 5.11 Å². The van der Waals surface area contributed by atoms with E-state index in [1.54, 1.807) is 0 Å². The van der Waals surface area contributed by atoms with E-state index in [4.69, 9.17) is 16.7 Å². The maximum absolute atomic E-state index is 13.3. The number of carboxylic acids is 1. The van der Waals surface area contributed by atoms with Crippen LogP contribution in [0.1, 0.15) is 21.5 Å². The fourth-order valence-electron chi connectivity index (χ4n) is 1.03. The molecular weight excluding hydrogens is 195 g/mol. The normalized spacial score (nSPS) is 10.1. The molecule has 2 nitrogen and oxygen atoms in total. The highest BCUT2D eigenvalue weighted by Crippen LogP contribution is 2.18. The summed E-state index contributed by atoms with van der Waals surface area (Å²) in [5.74, 6) is -1.78. The molecular formula is C9H8ClFO2. The van der Waals surface area contributed by atoms with Crippen LogP contribution in [0.3, 0.4) is 0 Å². The number of hydrogen-bond acceptors (Lipinski definition) is 1. The molecule has 0 heterocycles. The lowest BCUT2D eigenvalue weighted by Gasteiger charge is -2.05. The Balaban J connectivity index is 3.31. The van der Waals surface area contributed by atoms with Gasteiger partial charge in [0.2, 0.25) is 0 Å². The Kier molecular flexibility index (Phi) is 2.88. The Morgan fingerprint density at radius 3 is 2.69 bits per heavy atom. The van der Waals surface area contributed by atoms with Crippen molar-refractivity contribution in [2.45, 2.75) is 12.8 Å². The van der Waals surface area contributed by atoms with Gasteiger partial charge in [-0.25, -0.2) is 9.18 Å². The molecule has 0 spiro atoms. The number of rotatable bonds is 2. The van der Waals surface area contributed by atoms with Crippen LogP contribution in [0.2, 0.25) is 0 Å². The number of aromatic carboxylic acids is 1. The zero-order valence-electron chi connectivity index (χ0n) is 6.97. The summed E-state index contributed by atoms with van der Waals surface area (Å²) in [5, 5.41) is 8.58. The van der Waals surface area contributed by atoms with Gasteiger partial charge in [0, 0.05) is 5.88 Å². The minimum Gasteiger partial charge on any atom is -0.478 e. The van der Waals surface area contributed by atoms with Crippen LogP contribution in [-0.2, 0) is 5.88 Å². The van der Waals surface area contributed by atoms with Gasteiger partial charge in [0.05, 0.1) is 5.56 Å². The van der Waals surface area contributed by atoms with Gasteiger partial charge in [-0.2, -0.15) is 0 Å². The minimum atomic E-state index is -1.26. The summed E-state index contributed by atoms with van der Waals surface area (Å²) in [6.07, 6.45) is 0. The molecule has 13 heavy (non-hydrogen) atoms. The highest BCUT2D eigenvalue weighted by Gasteiger charge is 2.13. The van der Waals surface area contributed by atoms with E-state index in [9.17, 15) is 9.18 Å². The summed E-state index contributed by atoms with van der Waals surface area (Å²) in [5.41, 5.74) is 0.602. The van der Waals surface area contributed by atoms with E-state index >= 15 is 0 Å². The molecule has 0 saturated carbocycles. The van der Waals surface area contributed by atoms with Crippen molar-refractivity contribution in [2.24, 2.45) is 0 Å². The molecule has 0 radical (unpaired) electrons. The molecule has 4 heteroatoms. The molecule has 1 aromatic rings. The first-order valence-corrected chi connectivity index (χ1v) is 4.18. The molecule has 0 saturated heterocycles. The summed E-state index contributed by atoms with van der Waals surface area (Å²) in [4.78, 5) is 10.5. The molecule has 0 aromatic heterocycles. The van der Waals surface area contributed by atoms with Crippen LogP contribution in [0.15, 0.2) is 12.1 Å². The van der Waals surface area contributed by atoms with Gasteiger partial charge in [-0.1, -0.05) is 6.07 Å². The molecule has 0 unspecified atom stereocenters. The molecule has 0 aliphatic carbocycles. The molecule has 0 amide bonds. The number of alkyl halides is 1. The number of hydrogen-bond donors (Lipinski definition) is 1. The van der Waals surface area contributed by atoms with Crippen molar-refractivity contribution in [1.82, 2.24) is 0 Å². The van der Waals surface area contributed by atoms with E-state index in [-0.39, 0.29) is 11.4 Å². The average Bonchev–Trinajstić information content (AvgIpc) is 2.09. The lowest BCUT2D eigenvalue weighted by molar-refractivity contribution is 0.0691. The van der Waals surface area contributed by atoms with Crippen molar-refractivity contribution in [3.8, 4) is 0 Å². The Bertz CT molecular complexity index is 350. The van der Waals surface area contributed by atoms with Crippen molar-refractivity contribution < 1.29 is 14.3 Å². The summed E-state index contributed by atoms with van der Waals surface area (Å²) >= 11 is 5.52. The summed E-state index contributed by atoms with van der Waals surface area (Å²) in [6, 6.07) is 2.75. The number of benzene rings is 1. The number of carbonyl (C=O) groups is 1. The van der Waals surface area contributed by atoms with Crippen LogP contribution in [0.5, 0.6) is 0 Å². The van der Waals surface area contributed by atoms with Crippen molar-refractivity contribution in [3.05, 3.63) is 34.6 Å². The Morgan fingerprint density at radius 1 is 1.62 bits per heavy atom. The van der Waals surface area contributed by atoms with E-state index in [1.807, 2.05) is 0 Å². The van der Waals surface area contributed by atoms with Crippen LogP contribution < -0.4 is 0 Å². The van der Waals surface area contributed by atoms with Crippen LogP contribution in [0, 0.1) is 12.7 Å². The maximum atomic E-state index is 13.3. The lowest BCUT2D eigenvalue weighted by Crippen LogP contribution is -2.03. The number of halogens is 2. The van der Waals surface area contributed by atoms with E-state index in [1.165, 1.54) is 19.1 Å². The molecule has 1 N–H and O–H groups in total. The Labute approximate surface area is 80.0 Å². The molecule has 0 atom stereocenters. The SMILES string of the molecule is Cc1c(CCl)ccc(C(=O)O)c1F. The molecule has 70 valence electrons. The van der Waals surface area contributed by atoms with E-state index in [0.717, 1.165) is 0 Å². The number of carboxylic acid groups (broad SMARTS) is 1. The second-order valence-electron chi connectivity index (χ2n) is 2.65. The quantitative estimate of drug-likeness (QED) is 0.749. The van der Waals surface area contributed by atoms with Crippen LogP contribution in [0.4, 0.5) is 4.39 Å². The smallest absolute Gasteiger partial charge is 0.338 e. The second kappa shape index (κ2) is 3.75. The first kappa shape index (κ1) is 9.99. The summed E-state index contributed by atoms with van der Waals surface area (Å²) < 4.78 is 13.3. The van der Waals surface area contributed by atoms with Crippen LogP contribution in [-0.4, -0.2) is 11.1 Å². The van der Waals surface area contributed by atoms with E-state index in [2.05, 4.69) is 0 Å². The van der Waals surface area contributed by atoms with Gasteiger partial charge in [-0.15, -0.1) is 11.6 Å². The molecule has 0 bridgehead atoms. The van der Waals surface area contributed by atoms with Gasteiger partial charge >= 0.3 is 5.97 Å². The minimum absolute atomic E-state index is 0.183. The Morgan fingerprint density at radius 2 is 2.23 bits per heavy atom. The first-order chi connectivity index (χ1) is 6.07. The fraction of sp³-hybridized carbons (Fsp3) is 0.222. The molecule has 1 rings (SSSR count). The Hall–Kier alpha value is -1.09. The van der Waals surface area contributed by atoms with Crippen LogP contribution >= 0.6 is 11.6 Å². The van der Waals surface area contributed by atoms with Gasteiger partial charge in [0.25, 0.3) is 0 Å². The lowest BCUT2D eigenvalue weighted by atomic mass is 10.1. The molecule has 0 aliphatic rings. The van der Waals surface area contributed by atoms with Crippen molar-refractivity contribution in [3.63, 3.8) is 0 Å². The van der Waals surface area contributed by atoms with E-state index in [0.29, 0.717) is 11.1 Å². The second-order valence-corrected chi connectivity index (χ2v) is 2.92. The summed E-state index contributed by atoms with van der Waals surface area (Å²) in [6.45, 7) is 1.51. The zero-order chi connectivity index (χ0) is 10.0. The fourth-order valence-corrected chi connectivity index (χ4v) is 1.32. The highest BCUT2D eigenvalue weighted by atomic mass is 35.5. The predicted molar refractivity (Wildman–Crippen MR) is 47.7 cm³/mol. The third-order valence-electron chi connectivity index (χ3n) is 1.87. The van der Waals surface area contributed by atoms with Crippen LogP contribution in [0.25, 0.3) is 0 Å². The molecule has 0 aliphatic heterocycles. The molecule has 1 aromatic carbocycles. The van der Waals surface area contributed by atoms with Gasteiger partial charge in [-0.3, -0.25) is 0 Å². The maximum Gasteiger partial charge on any atom is 0.338 e. The average molecular weight is 203 g/mol. The van der Waals surface area contributed by atoms with Crippen molar-refractivity contribution in [2.75, 3.05) is 0 Å². The van der Waals surface area contributed by atoms with Crippen molar-refractivity contribution in [1.29, 1.82) is 0 Å². The zero-order valence-corrected chi connectivity index (χ0v) is 7.73. The standard InChI is InChI=1S/C9H8ClFO2/c1-5-6(4-10)2-3-7(8(5)11)9(12)13/h2-3H,4H2,1H3,(H,12,13). The third kappa shape index (κ3) is 1.80. The topological polar surface area (TPSA) is 37.3 Å². The van der Waals surface area contributed by atoms with Gasteiger partial charge in [0.15, 0.2) is 0 Å². The van der Waals surface area contributed by atoms with E-state index < -0.39 is 11.8 Å². The first-order valence-electron chi connectivity index (χ1n) is 3.65. The van der Waals surface area contributed by atoms with Gasteiger partial charge in [-0.05, 0) is 24.1 Å². The highest BCUT2D eigenvalue weighted by molar-refractivity contribution is 6.17. The summed E-state index contributed by atoms with van der Waals surface area (Å²) in [7, 11) is 0. The third-order valence-corrected chi connectivity index (χ3v) is 2.16. The van der Waals surface area contributed by atoms with Gasteiger partial charge in [0.1, 0.15) is 5.82 Å². The molecule has 0 fully saturated rings. The monoisotopic (exact) mass is 202 g/mol. The predicted octanol–water partition coefficient (Wildman–Crippen LogP) is 2.57.